The fourth-order valence-corrected chi connectivity index (χ4v) is 2.17. The first-order valence-electron chi connectivity index (χ1n) is 4.71. The second-order valence-electron chi connectivity index (χ2n) is 3.24. The molecule has 0 fully saturated rings. The molecule has 3 heteroatoms. The van der Waals surface area contributed by atoms with Gasteiger partial charge in [-0.2, -0.15) is 0 Å². The molecule has 0 amide bonds. The van der Waals surface area contributed by atoms with Gasteiger partial charge in [-0.25, -0.2) is 4.39 Å². The Labute approximate surface area is 88.3 Å². The summed E-state index contributed by atoms with van der Waals surface area (Å²) in [5.74, 6) is -0.205. The molecule has 1 nitrogen and oxygen atoms in total. The third kappa shape index (κ3) is 3.00. The highest BCUT2D eigenvalue weighted by Gasteiger charge is 2.08. The zero-order chi connectivity index (χ0) is 10.6. The van der Waals surface area contributed by atoms with E-state index in [0.717, 1.165) is 16.9 Å². The number of aliphatic hydroxyl groups excluding tert-OH is 1. The van der Waals surface area contributed by atoms with Gasteiger partial charge in [0.2, 0.25) is 0 Å². The van der Waals surface area contributed by atoms with E-state index >= 15 is 0 Å². The van der Waals surface area contributed by atoms with Crippen LogP contribution in [0.4, 0.5) is 4.39 Å². The third-order valence-electron chi connectivity index (χ3n) is 2.09. The summed E-state index contributed by atoms with van der Waals surface area (Å²) in [6, 6.07) is 4.75. The first-order valence-corrected chi connectivity index (χ1v) is 5.59. The number of thioether (sulfide) groups is 1. The smallest absolute Gasteiger partial charge is 0.123 e. The SMILES string of the molecule is CCC(CO)Sc1ccc(F)cc1C. The molecule has 0 bridgehead atoms. The van der Waals surface area contributed by atoms with Crippen LogP contribution in [0.15, 0.2) is 23.1 Å². The first-order chi connectivity index (χ1) is 6.67. The Balaban J connectivity index is 2.76. The summed E-state index contributed by atoms with van der Waals surface area (Å²) in [6.07, 6.45) is 0.915. The molecule has 0 saturated heterocycles. The Morgan fingerprint density at radius 1 is 1.50 bits per heavy atom. The second kappa shape index (κ2) is 5.37. The Kier molecular flexibility index (Phi) is 4.42. The summed E-state index contributed by atoms with van der Waals surface area (Å²) in [5, 5.41) is 9.25. The summed E-state index contributed by atoms with van der Waals surface area (Å²) >= 11 is 1.61. The van der Waals surface area contributed by atoms with Crippen LogP contribution in [0.25, 0.3) is 0 Å². The molecule has 0 aliphatic carbocycles. The van der Waals surface area contributed by atoms with E-state index in [-0.39, 0.29) is 17.7 Å². The highest BCUT2D eigenvalue weighted by Crippen LogP contribution is 2.28. The van der Waals surface area contributed by atoms with Gasteiger partial charge in [0, 0.05) is 10.1 Å². The summed E-state index contributed by atoms with van der Waals surface area (Å²) in [7, 11) is 0. The number of hydrogen-bond donors (Lipinski definition) is 1. The molecule has 1 N–H and O–H groups in total. The van der Waals surface area contributed by atoms with E-state index in [2.05, 4.69) is 0 Å². The molecule has 14 heavy (non-hydrogen) atoms. The monoisotopic (exact) mass is 214 g/mol. The van der Waals surface area contributed by atoms with E-state index in [1.165, 1.54) is 12.1 Å². The molecule has 78 valence electrons. The van der Waals surface area contributed by atoms with Gasteiger partial charge in [-0.05, 0) is 37.1 Å². The van der Waals surface area contributed by atoms with Crippen LogP contribution < -0.4 is 0 Å². The van der Waals surface area contributed by atoms with Gasteiger partial charge >= 0.3 is 0 Å². The fraction of sp³-hybridized carbons (Fsp3) is 0.455. The van der Waals surface area contributed by atoms with E-state index in [0.29, 0.717) is 0 Å². The summed E-state index contributed by atoms with van der Waals surface area (Å²) in [6.45, 7) is 4.08. The van der Waals surface area contributed by atoms with E-state index in [9.17, 15) is 4.39 Å². The lowest BCUT2D eigenvalue weighted by Crippen LogP contribution is -2.06. The highest BCUT2D eigenvalue weighted by molar-refractivity contribution is 8.00. The number of rotatable bonds is 4. The van der Waals surface area contributed by atoms with Crippen LogP contribution in [0, 0.1) is 12.7 Å². The minimum absolute atomic E-state index is 0.165. The van der Waals surface area contributed by atoms with E-state index in [4.69, 9.17) is 5.11 Å². The van der Waals surface area contributed by atoms with Gasteiger partial charge in [0.1, 0.15) is 5.82 Å². The van der Waals surface area contributed by atoms with Gasteiger partial charge in [-0.1, -0.05) is 6.92 Å². The van der Waals surface area contributed by atoms with Crippen LogP contribution in [0.1, 0.15) is 18.9 Å². The predicted molar refractivity (Wildman–Crippen MR) is 58.2 cm³/mol. The molecule has 1 atom stereocenters. The van der Waals surface area contributed by atoms with Crippen molar-refractivity contribution < 1.29 is 9.50 Å². The molecular weight excluding hydrogens is 199 g/mol. The van der Waals surface area contributed by atoms with Gasteiger partial charge in [0.05, 0.1) is 6.61 Å². The normalized spacial score (nSPS) is 12.9. The van der Waals surface area contributed by atoms with Crippen LogP contribution in [-0.4, -0.2) is 17.0 Å². The summed E-state index contributed by atoms with van der Waals surface area (Å²) in [4.78, 5) is 1.05. The average Bonchev–Trinajstić information content (AvgIpc) is 2.17. The Morgan fingerprint density at radius 2 is 2.21 bits per heavy atom. The molecule has 0 spiro atoms. The van der Waals surface area contributed by atoms with E-state index < -0.39 is 0 Å². The molecule has 0 aliphatic heterocycles. The molecule has 1 unspecified atom stereocenters. The van der Waals surface area contributed by atoms with Crippen molar-refractivity contribution in [3.8, 4) is 0 Å². The first kappa shape index (κ1) is 11.5. The number of hydrogen-bond acceptors (Lipinski definition) is 2. The fourth-order valence-electron chi connectivity index (χ4n) is 1.17. The van der Waals surface area contributed by atoms with Crippen molar-refractivity contribution in [2.45, 2.75) is 30.4 Å². The summed E-state index contributed by atoms with van der Waals surface area (Å²) in [5.41, 5.74) is 0.932. The van der Waals surface area contributed by atoms with Crippen molar-refractivity contribution >= 4 is 11.8 Å². The van der Waals surface area contributed by atoms with Gasteiger partial charge in [0.15, 0.2) is 0 Å². The van der Waals surface area contributed by atoms with Crippen molar-refractivity contribution in [1.29, 1.82) is 0 Å². The van der Waals surface area contributed by atoms with Crippen molar-refractivity contribution in [2.24, 2.45) is 0 Å². The van der Waals surface area contributed by atoms with Gasteiger partial charge < -0.3 is 5.11 Å². The zero-order valence-corrected chi connectivity index (χ0v) is 9.27. The maximum atomic E-state index is 12.8. The quantitative estimate of drug-likeness (QED) is 0.777. The zero-order valence-electron chi connectivity index (χ0n) is 8.46. The lowest BCUT2D eigenvalue weighted by atomic mass is 10.2. The van der Waals surface area contributed by atoms with Crippen LogP contribution in [0.2, 0.25) is 0 Å². The van der Waals surface area contributed by atoms with Crippen molar-refractivity contribution in [1.82, 2.24) is 0 Å². The van der Waals surface area contributed by atoms with Crippen molar-refractivity contribution in [3.63, 3.8) is 0 Å². The topological polar surface area (TPSA) is 20.2 Å². The maximum absolute atomic E-state index is 12.8. The molecule has 0 aromatic heterocycles. The molecule has 0 radical (unpaired) electrons. The van der Waals surface area contributed by atoms with Gasteiger partial charge in [-0.3, -0.25) is 0 Å². The number of aryl methyl sites for hydroxylation is 1. The van der Waals surface area contributed by atoms with Crippen molar-refractivity contribution in [2.75, 3.05) is 6.61 Å². The number of aliphatic hydroxyl groups is 1. The highest BCUT2D eigenvalue weighted by atomic mass is 32.2. The summed E-state index contributed by atoms with van der Waals surface area (Å²) < 4.78 is 12.8. The maximum Gasteiger partial charge on any atom is 0.123 e. The Hall–Kier alpha value is -0.540. The van der Waals surface area contributed by atoms with Crippen LogP contribution in [0.5, 0.6) is 0 Å². The van der Waals surface area contributed by atoms with Crippen LogP contribution >= 0.6 is 11.8 Å². The molecule has 1 aromatic rings. The molecule has 0 heterocycles. The van der Waals surface area contributed by atoms with Gasteiger partial charge in [-0.15, -0.1) is 11.8 Å². The van der Waals surface area contributed by atoms with E-state index in [1.54, 1.807) is 17.8 Å². The predicted octanol–water partition coefficient (Wildman–Crippen LogP) is 3.00. The molecule has 1 aromatic carbocycles. The third-order valence-corrected chi connectivity index (χ3v) is 3.62. The number of benzene rings is 1. The van der Waals surface area contributed by atoms with Crippen LogP contribution in [-0.2, 0) is 0 Å². The molecule has 0 saturated carbocycles. The lowest BCUT2D eigenvalue weighted by Gasteiger charge is -2.12. The Bertz CT molecular complexity index is 297. The average molecular weight is 214 g/mol. The minimum Gasteiger partial charge on any atom is -0.395 e. The Morgan fingerprint density at radius 3 is 2.71 bits per heavy atom. The lowest BCUT2D eigenvalue weighted by molar-refractivity contribution is 0.292. The molecular formula is C11H15FOS. The number of halogens is 1. The standard InChI is InChI=1S/C11H15FOS/c1-3-10(7-13)14-11-5-4-9(12)6-8(11)2/h4-6,10,13H,3,7H2,1-2H3. The van der Waals surface area contributed by atoms with E-state index in [1.807, 2.05) is 13.8 Å². The van der Waals surface area contributed by atoms with Crippen molar-refractivity contribution in [3.05, 3.63) is 29.6 Å². The molecule has 1 rings (SSSR count). The van der Waals surface area contributed by atoms with Crippen LogP contribution in [0.3, 0.4) is 0 Å². The molecule has 0 aliphatic rings. The van der Waals surface area contributed by atoms with Gasteiger partial charge in [0.25, 0.3) is 0 Å². The largest absolute Gasteiger partial charge is 0.395 e. The second-order valence-corrected chi connectivity index (χ2v) is 4.58. The minimum atomic E-state index is -0.205.